The van der Waals surface area contributed by atoms with Gasteiger partial charge in [-0.05, 0) is 73.6 Å². The lowest BCUT2D eigenvalue weighted by molar-refractivity contribution is -0.140. The molecular weight excluding hydrogens is 336 g/mol. The van der Waals surface area contributed by atoms with Crippen molar-refractivity contribution >= 4 is 5.97 Å². The van der Waals surface area contributed by atoms with Crippen molar-refractivity contribution in [3.05, 3.63) is 46.3 Å². The predicted octanol–water partition coefficient (Wildman–Crippen LogP) is 6.81. The second-order valence-electron chi connectivity index (χ2n) is 7.92. The first-order valence-corrected chi connectivity index (χ1v) is 10.3. The Hall–Kier alpha value is -1.77. The number of hydrogen-bond acceptors (Lipinski definition) is 3. The Kier molecular flexibility index (Phi) is 10.2. The molecule has 3 nitrogen and oxygen atoms in total. The van der Waals surface area contributed by atoms with Gasteiger partial charge in [0.25, 0.3) is 0 Å². The highest BCUT2D eigenvalue weighted by molar-refractivity contribution is 5.91. The summed E-state index contributed by atoms with van der Waals surface area (Å²) in [5, 5.41) is 0. The lowest BCUT2D eigenvalue weighted by Crippen LogP contribution is -2.16. The van der Waals surface area contributed by atoms with Crippen LogP contribution in [0.4, 0.5) is 0 Å². The van der Waals surface area contributed by atoms with Crippen LogP contribution in [0.3, 0.4) is 0 Å². The summed E-state index contributed by atoms with van der Waals surface area (Å²) in [6.07, 6.45) is 12.6. The first kappa shape index (κ1) is 23.3. The molecule has 0 aromatic heterocycles. The topological polar surface area (TPSA) is 35.5 Å². The van der Waals surface area contributed by atoms with E-state index in [1.807, 2.05) is 6.92 Å². The van der Waals surface area contributed by atoms with E-state index in [9.17, 15) is 4.79 Å². The molecule has 0 saturated carbocycles. The van der Waals surface area contributed by atoms with E-state index in [4.69, 9.17) is 9.47 Å². The van der Waals surface area contributed by atoms with Crippen molar-refractivity contribution in [3.8, 4) is 0 Å². The number of hydrogen-bond donors (Lipinski definition) is 0. The molecule has 1 aliphatic heterocycles. The summed E-state index contributed by atoms with van der Waals surface area (Å²) < 4.78 is 11.4. The van der Waals surface area contributed by atoms with Crippen LogP contribution in [0.1, 0.15) is 87.0 Å². The number of carbonyl (C=O) groups is 1. The first-order chi connectivity index (χ1) is 12.7. The third-order valence-corrected chi connectivity index (χ3v) is 4.92. The van der Waals surface area contributed by atoms with Gasteiger partial charge in [-0.1, -0.05) is 41.9 Å². The molecule has 0 aliphatic carbocycles. The standard InChI is InChI=1S/C24H38O3/c1-8-20(6)26-23-21(7)24(25)27-22(23)16-15-19(5)14-10-13-18(4)12-9-11-17(2)3/h11,13,15,20,22H,8-10,12,14,16H2,1-7H3. The van der Waals surface area contributed by atoms with Crippen molar-refractivity contribution in [2.45, 2.75) is 99.2 Å². The third-order valence-electron chi connectivity index (χ3n) is 4.92. The predicted molar refractivity (Wildman–Crippen MR) is 113 cm³/mol. The third kappa shape index (κ3) is 8.64. The number of cyclic esters (lactones) is 1. The molecule has 27 heavy (non-hydrogen) atoms. The van der Waals surface area contributed by atoms with E-state index in [1.165, 1.54) is 16.7 Å². The number of ether oxygens (including phenoxy) is 2. The van der Waals surface area contributed by atoms with Crippen LogP contribution in [0.2, 0.25) is 0 Å². The van der Waals surface area contributed by atoms with Gasteiger partial charge in [0.2, 0.25) is 0 Å². The van der Waals surface area contributed by atoms with E-state index < -0.39 is 0 Å². The maximum atomic E-state index is 11.9. The number of rotatable bonds is 11. The molecule has 1 heterocycles. The SMILES string of the molecule is CCC(C)OC1=C(C)C(=O)OC1CC=C(C)CCC=C(C)CCC=C(C)C. The smallest absolute Gasteiger partial charge is 0.338 e. The zero-order chi connectivity index (χ0) is 20.4. The van der Waals surface area contributed by atoms with Crippen molar-refractivity contribution in [2.75, 3.05) is 0 Å². The van der Waals surface area contributed by atoms with Crippen LogP contribution in [-0.2, 0) is 14.3 Å². The Morgan fingerprint density at radius 3 is 2.26 bits per heavy atom. The Balaban J connectivity index is 2.51. The van der Waals surface area contributed by atoms with Crippen LogP contribution in [0.15, 0.2) is 46.3 Å². The fourth-order valence-corrected chi connectivity index (χ4v) is 2.88. The molecule has 3 heteroatoms. The Labute approximate surface area is 166 Å². The molecule has 0 radical (unpaired) electrons. The summed E-state index contributed by atoms with van der Waals surface area (Å²) in [4.78, 5) is 11.9. The van der Waals surface area contributed by atoms with Gasteiger partial charge in [0.05, 0.1) is 11.7 Å². The molecule has 0 bridgehead atoms. The molecule has 0 saturated heterocycles. The molecule has 0 fully saturated rings. The maximum absolute atomic E-state index is 11.9. The van der Waals surface area contributed by atoms with Crippen molar-refractivity contribution < 1.29 is 14.3 Å². The van der Waals surface area contributed by atoms with Gasteiger partial charge in [-0.25, -0.2) is 4.79 Å². The Morgan fingerprint density at radius 2 is 1.67 bits per heavy atom. The normalized spacial score (nSPS) is 19.2. The quantitative estimate of drug-likeness (QED) is 0.294. The largest absolute Gasteiger partial charge is 0.491 e. The number of carbonyl (C=O) groups excluding carboxylic acids is 1. The lowest BCUT2D eigenvalue weighted by atomic mass is 10.0. The average molecular weight is 375 g/mol. The zero-order valence-corrected chi connectivity index (χ0v) is 18.4. The van der Waals surface area contributed by atoms with Crippen molar-refractivity contribution in [1.82, 2.24) is 0 Å². The molecular formula is C24H38O3. The summed E-state index contributed by atoms with van der Waals surface area (Å²) in [6, 6.07) is 0. The Bertz CT molecular complexity index is 616. The summed E-state index contributed by atoms with van der Waals surface area (Å²) in [7, 11) is 0. The fraction of sp³-hybridized carbons (Fsp3) is 0.625. The monoisotopic (exact) mass is 374 g/mol. The van der Waals surface area contributed by atoms with Crippen molar-refractivity contribution in [2.24, 2.45) is 0 Å². The van der Waals surface area contributed by atoms with E-state index in [1.54, 1.807) is 6.92 Å². The van der Waals surface area contributed by atoms with Crippen molar-refractivity contribution in [1.29, 1.82) is 0 Å². The van der Waals surface area contributed by atoms with Crippen LogP contribution in [-0.4, -0.2) is 18.2 Å². The van der Waals surface area contributed by atoms with Crippen LogP contribution in [0, 0.1) is 0 Å². The van der Waals surface area contributed by atoms with E-state index in [0.717, 1.165) is 32.1 Å². The molecule has 1 rings (SSSR count). The van der Waals surface area contributed by atoms with Gasteiger partial charge in [0.1, 0.15) is 5.76 Å². The summed E-state index contributed by atoms with van der Waals surface area (Å²) >= 11 is 0. The summed E-state index contributed by atoms with van der Waals surface area (Å²) in [6.45, 7) is 14.5. The lowest BCUT2D eigenvalue weighted by Gasteiger charge is -2.18. The molecule has 0 aromatic carbocycles. The minimum atomic E-state index is -0.275. The fourth-order valence-electron chi connectivity index (χ4n) is 2.88. The first-order valence-electron chi connectivity index (χ1n) is 10.3. The minimum absolute atomic E-state index is 0.0940. The zero-order valence-electron chi connectivity index (χ0n) is 18.4. The highest BCUT2D eigenvalue weighted by Gasteiger charge is 2.33. The Morgan fingerprint density at radius 1 is 1.07 bits per heavy atom. The highest BCUT2D eigenvalue weighted by Crippen LogP contribution is 2.28. The van der Waals surface area contributed by atoms with E-state index in [0.29, 0.717) is 17.8 Å². The highest BCUT2D eigenvalue weighted by atomic mass is 16.6. The van der Waals surface area contributed by atoms with Gasteiger partial charge in [-0.3, -0.25) is 0 Å². The van der Waals surface area contributed by atoms with Gasteiger partial charge in [-0.15, -0.1) is 0 Å². The maximum Gasteiger partial charge on any atom is 0.338 e. The summed E-state index contributed by atoms with van der Waals surface area (Å²) in [5.74, 6) is 0.465. The van der Waals surface area contributed by atoms with Crippen LogP contribution in [0.5, 0.6) is 0 Å². The average Bonchev–Trinajstić information content (AvgIpc) is 2.87. The van der Waals surface area contributed by atoms with Gasteiger partial charge < -0.3 is 9.47 Å². The molecule has 2 unspecified atom stereocenters. The number of esters is 1. The molecule has 1 aliphatic rings. The molecule has 0 spiro atoms. The van der Waals surface area contributed by atoms with Gasteiger partial charge >= 0.3 is 5.97 Å². The van der Waals surface area contributed by atoms with Gasteiger partial charge in [-0.2, -0.15) is 0 Å². The van der Waals surface area contributed by atoms with Gasteiger partial charge in [0, 0.05) is 6.42 Å². The second-order valence-corrected chi connectivity index (χ2v) is 7.92. The molecule has 0 N–H and O–H groups in total. The van der Waals surface area contributed by atoms with Gasteiger partial charge in [0.15, 0.2) is 6.10 Å². The summed E-state index contributed by atoms with van der Waals surface area (Å²) in [5.41, 5.74) is 4.77. The van der Waals surface area contributed by atoms with E-state index in [-0.39, 0.29) is 18.2 Å². The van der Waals surface area contributed by atoms with Crippen molar-refractivity contribution in [3.63, 3.8) is 0 Å². The second kappa shape index (κ2) is 11.8. The van der Waals surface area contributed by atoms with Crippen LogP contribution < -0.4 is 0 Å². The van der Waals surface area contributed by atoms with Crippen LogP contribution in [0.25, 0.3) is 0 Å². The number of allylic oxidation sites excluding steroid dienone is 5. The molecule has 152 valence electrons. The molecule has 0 amide bonds. The minimum Gasteiger partial charge on any atom is -0.491 e. The van der Waals surface area contributed by atoms with E-state index in [2.05, 4.69) is 52.8 Å². The molecule has 2 atom stereocenters. The molecule has 0 aromatic rings. The van der Waals surface area contributed by atoms with Crippen LogP contribution >= 0.6 is 0 Å². The van der Waals surface area contributed by atoms with E-state index >= 15 is 0 Å².